The van der Waals surface area contributed by atoms with Crippen molar-refractivity contribution in [3.63, 3.8) is 0 Å². The molecule has 0 spiro atoms. The van der Waals surface area contributed by atoms with Crippen molar-refractivity contribution in [1.82, 2.24) is 15.3 Å². The summed E-state index contributed by atoms with van der Waals surface area (Å²) in [5, 5.41) is 4.84. The second-order valence-electron chi connectivity index (χ2n) is 5.35. The van der Waals surface area contributed by atoms with Gasteiger partial charge in [0.2, 0.25) is 0 Å². The number of aromatic nitrogens is 2. The summed E-state index contributed by atoms with van der Waals surface area (Å²) in [6.45, 7) is 0.969. The first-order chi connectivity index (χ1) is 10.4. The molecule has 0 aliphatic carbocycles. The number of H-pyrrole nitrogens is 1. The molecule has 1 atom stereocenters. The first-order valence-electron chi connectivity index (χ1n) is 7.18. The standard InChI is InChI=1S/C17H17N3O.ClH/c1-21-12-4-5-15-14(9-12)13-6-8-19-16(17(13)20-15)11-3-2-7-18-10-11;/h2-5,7,9-10,16,19-20H,6,8H2,1H3;1H. The molecular weight excluding hydrogens is 298 g/mol. The fourth-order valence-corrected chi connectivity index (χ4v) is 3.17. The Balaban J connectivity index is 0.00000144. The van der Waals surface area contributed by atoms with Crippen molar-refractivity contribution in [3.05, 3.63) is 59.5 Å². The summed E-state index contributed by atoms with van der Waals surface area (Å²) in [6.07, 6.45) is 4.77. The van der Waals surface area contributed by atoms with Crippen LogP contribution in [0.3, 0.4) is 0 Å². The minimum atomic E-state index is 0. The molecule has 4 rings (SSSR count). The zero-order valence-electron chi connectivity index (χ0n) is 12.3. The molecule has 0 fully saturated rings. The number of hydrogen-bond donors (Lipinski definition) is 2. The van der Waals surface area contributed by atoms with Crippen LogP contribution in [0.1, 0.15) is 22.9 Å². The van der Waals surface area contributed by atoms with E-state index in [-0.39, 0.29) is 18.4 Å². The van der Waals surface area contributed by atoms with Gasteiger partial charge < -0.3 is 15.0 Å². The number of ether oxygens (including phenoxy) is 1. The average Bonchev–Trinajstić information content (AvgIpc) is 2.93. The van der Waals surface area contributed by atoms with E-state index in [2.05, 4.69) is 33.5 Å². The van der Waals surface area contributed by atoms with E-state index in [1.807, 2.05) is 24.5 Å². The molecule has 1 aliphatic heterocycles. The number of hydrogen-bond acceptors (Lipinski definition) is 3. The summed E-state index contributed by atoms with van der Waals surface area (Å²) < 4.78 is 5.35. The lowest BCUT2D eigenvalue weighted by Crippen LogP contribution is -2.30. The lowest BCUT2D eigenvalue weighted by Gasteiger charge is -2.24. The Morgan fingerprint density at radius 1 is 1.27 bits per heavy atom. The van der Waals surface area contributed by atoms with Crippen LogP contribution in [0.2, 0.25) is 0 Å². The van der Waals surface area contributed by atoms with Crippen LogP contribution in [0.25, 0.3) is 10.9 Å². The van der Waals surface area contributed by atoms with Crippen molar-refractivity contribution >= 4 is 23.3 Å². The lowest BCUT2D eigenvalue weighted by molar-refractivity contribution is 0.415. The number of nitrogens with zero attached hydrogens (tertiary/aromatic N) is 1. The molecule has 0 bridgehead atoms. The van der Waals surface area contributed by atoms with Crippen LogP contribution in [0, 0.1) is 0 Å². The second kappa shape index (κ2) is 5.99. The topological polar surface area (TPSA) is 49.9 Å². The molecule has 0 saturated carbocycles. The highest BCUT2D eigenvalue weighted by molar-refractivity contribution is 5.86. The third-order valence-electron chi connectivity index (χ3n) is 4.18. The fraction of sp³-hybridized carbons (Fsp3) is 0.235. The molecule has 2 N–H and O–H groups in total. The van der Waals surface area contributed by atoms with E-state index in [0.29, 0.717) is 0 Å². The van der Waals surface area contributed by atoms with Crippen LogP contribution < -0.4 is 10.1 Å². The van der Waals surface area contributed by atoms with E-state index in [0.717, 1.165) is 18.7 Å². The molecule has 2 aromatic heterocycles. The van der Waals surface area contributed by atoms with Crippen molar-refractivity contribution in [2.24, 2.45) is 0 Å². The van der Waals surface area contributed by atoms with Crippen molar-refractivity contribution in [3.8, 4) is 5.75 Å². The SMILES string of the molecule is COc1ccc2[nH]c3c(c2c1)CCNC3c1cccnc1.Cl. The zero-order chi connectivity index (χ0) is 14.2. The molecular formula is C17H18ClN3O. The van der Waals surface area contributed by atoms with Crippen LogP contribution in [0.4, 0.5) is 0 Å². The largest absolute Gasteiger partial charge is 0.497 e. The van der Waals surface area contributed by atoms with E-state index in [4.69, 9.17) is 4.74 Å². The first-order valence-corrected chi connectivity index (χ1v) is 7.18. The summed E-state index contributed by atoms with van der Waals surface area (Å²) >= 11 is 0. The normalized spacial score (nSPS) is 16.9. The van der Waals surface area contributed by atoms with Crippen molar-refractivity contribution < 1.29 is 4.74 Å². The van der Waals surface area contributed by atoms with E-state index in [1.54, 1.807) is 7.11 Å². The van der Waals surface area contributed by atoms with Crippen molar-refractivity contribution in [1.29, 1.82) is 0 Å². The predicted molar refractivity (Wildman–Crippen MR) is 89.9 cm³/mol. The monoisotopic (exact) mass is 315 g/mol. The Bertz CT molecular complexity index is 785. The molecule has 1 aliphatic rings. The third kappa shape index (κ3) is 2.34. The smallest absolute Gasteiger partial charge is 0.119 e. The molecule has 5 heteroatoms. The highest BCUT2D eigenvalue weighted by atomic mass is 35.5. The van der Waals surface area contributed by atoms with Crippen molar-refractivity contribution in [2.45, 2.75) is 12.5 Å². The van der Waals surface area contributed by atoms with Gasteiger partial charge in [-0.2, -0.15) is 0 Å². The molecule has 3 aromatic rings. The van der Waals surface area contributed by atoms with Gasteiger partial charge in [-0.05, 0) is 41.8 Å². The van der Waals surface area contributed by atoms with Gasteiger partial charge >= 0.3 is 0 Å². The minimum absolute atomic E-state index is 0. The number of halogens is 1. The molecule has 0 saturated heterocycles. The predicted octanol–water partition coefficient (Wildman–Crippen LogP) is 3.23. The van der Waals surface area contributed by atoms with Gasteiger partial charge in [-0.3, -0.25) is 4.98 Å². The highest BCUT2D eigenvalue weighted by Crippen LogP contribution is 2.34. The van der Waals surface area contributed by atoms with Crippen molar-refractivity contribution in [2.75, 3.05) is 13.7 Å². The van der Waals surface area contributed by atoms with E-state index in [1.165, 1.54) is 27.7 Å². The zero-order valence-corrected chi connectivity index (χ0v) is 13.1. The van der Waals surface area contributed by atoms with Gasteiger partial charge in [0.25, 0.3) is 0 Å². The number of aromatic amines is 1. The average molecular weight is 316 g/mol. The third-order valence-corrected chi connectivity index (χ3v) is 4.18. The number of rotatable bonds is 2. The lowest BCUT2D eigenvalue weighted by atomic mass is 9.95. The Morgan fingerprint density at radius 3 is 2.95 bits per heavy atom. The molecule has 0 radical (unpaired) electrons. The molecule has 1 unspecified atom stereocenters. The summed E-state index contributed by atoms with van der Waals surface area (Å²) in [7, 11) is 1.71. The quantitative estimate of drug-likeness (QED) is 0.763. The summed E-state index contributed by atoms with van der Waals surface area (Å²) in [5.41, 5.74) is 4.99. The number of nitrogens with one attached hydrogen (secondary N) is 2. The number of fused-ring (bicyclic) bond motifs is 3. The molecule has 4 nitrogen and oxygen atoms in total. The molecule has 114 valence electrons. The Labute approximate surface area is 135 Å². The summed E-state index contributed by atoms with van der Waals surface area (Å²) in [5.74, 6) is 0.903. The fourth-order valence-electron chi connectivity index (χ4n) is 3.17. The number of methoxy groups -OCH3 is 1. The van der Waals surface area contributed by atoms with Crippen LogP contribution in [-0.2, 0) is 6.42 Å². The maximum absolute atomic E-state index is 5.35. The highest BCUT2D eigenvalue weighted by Gasteiger charge is 2.25. The van der Waals surface area contributed by atoms with Gasteiger partial charge in [-0.15, -0.1) is 12.4 Å². The minimum Gasteiger partial charge on any atom is -0.497 e. The second-order valence-corrected chi connectivity index (χ2v) is 5.35. The van der Waals surface area contributed by atoms with Gasteiger partial charge in [0.15, 0.2) is 0 Å². The van der Waals surface area contributed by atoms with Crippen LogP contribution in [0.15, 0.2) is 42.7 Å². The van der Waals surface area contributed by atoms with Gasteiger partial charge in [-0.1, -0.05) is 6.07 Å². The van der Waals surface area contributed by atoms with E-state index >= 15 is 0 Å². The Kier molecular flexibility index (Phi) is 4.05. The van der Waals surface area contributed by atoms with Crippen LogP contribution in [0.5, 0.6) is 5.75 Å². The van der Waals surface area contributed by atoms with Gasteiger partial charge in [0.05, 0.1) is 13.2 Å². The number of pyridine rings is 1. The van der Waals surface area contributed by atoms with E-state index < -0.39 is 0 Å². The first kappa shape index (κ1) is 14.9. The Morgan fingerprint density at radius 2 is 2.18 bits per heavy atom. The summed E-state index contributed by atoms with van der Waals surface area (Å²) in [4.78, 5) is 7.81. The number of benzene rings is 1. The Hall–Kier alpha value is -2.04. The maximum atomic E-state index is 5.35. The molecule has 3 heterocycles. The molecule has 0 amide bonds. The van der Waals surface area contributed by atoms with Gasteiger partial charge in [-0.25, -0.2) is 0 Å². The summed E-state index contributed by atoms with van der Waals surface area (Å²) in [6, 6.07) is 10.5. The van der Waals surface area contributed by atoms with Crippen LogP contribution in [-0.4, -0.2) is 23.6 Å². The van der Waals surface area contributed by atoms with Gasteiger partial charge in [0, 0.05) is 35.5 Å². The maximum Gasteiger partial charge on any atom is 0.119 e. The molecule has 1 aromatic carbocycles. The van der Waals surface area contributed by atoms with Crippen LogP contribution >= 0.6 is 12.4 Å². The molecule has 22 heavy (non-hydrogen) atoms. The van der Waals surface area contributed by atoms with Gasteiger partial charge in [0.1, 0.15) is 5.75 Å². The van der Waals surface area contributed by atoms with E-state index in [9.17, 15) is 0 Å².